The number of nitrogens with zero attached hydrogens (tertiary/aromatic N) is 4. The molecule has 0 atom stereocenters. The highest BCUT2D eigenvalue weighted by atomic mass is 32.1. The van der Waals surface area contributed by atoms with Crippen LogP contribution in [0.4, 0.5) is 22.7 Å². The molecule has 1 saturated heterocycles. The molecule has 26 heavy (non-hydrogen) atoms. The van der Waals surface area contributed by atoms with Crippen LogP contribution >= 0.6 is 11.3 Å². The molecule has 0 bridgehead atoms. The molecule has 0 aliphatic carbocycles. The highest BCUT2D eigenvalue weighted by Gasteiger charge is 2.31. The van der Waals surface area contributed by atoms with Gasteiger partial charge in [-0.2, -0.15) is 18.4 Å². The van der Waals surface area contributed by atoms with E-state index in [1.807, 2.05) is 11.0 Å². The molecule has 0 amide bonds. The second-order valence-electron chi connectivity index (χ2n) is 6.06. The minimum atomic E-state index is -4.56. The molecule has 3 rings (SSSR count). The molecule has 1 aliphatic heterocycles. The van der Waals surface area contributed by atoms with Crippen LogP contribution in [0.3, 0.4) is 0 Å². The molecule has 138 valence electrons. The molecule has 1 aromatic heterocycles. The van der Waals surface area contributed by atoms with Crippen LogP contribution in [0.25, 0.3) is 0 Å². The van der Waals surface area contributed by atoms with Gasteiger partial charge in [0.05, 0.1) is 5.56 Å². The van der Waals surface area contributed by atoms with Gasteiger partial charge in [-0.15, -0.1) is 10.2 Å². The van der Waals surface area contributed by atoms with Gasteiger partial charge in [0.25, 0.3) is 0 Å². The Balaban J connectivity index is 1.56. The normalized spacial score (nSPS) is 16.4. The van der Waals surface area contributed by atoms with Crippen LogP contribution in [0.5, 0.6) is 0 Å². The molecular weight excluding hydrogens is 370 g/mol. The fourth-order valence-corrected chi connectivity index (χ4v) is 3.52. The molecule has 0 saturated carbocycles. The summed E-state index contributed by atoms with van der Waals surface area (Å²) in [6, 6.07) is 4.73. The van der Waals surface area contributed by atoms with Crippen molar-refractivity contribution in [1.82, 2.24) is 15.1 Å². The number of hydrogen-bond donors (Lipinski definition) is 1. The number of nitrogens with one attached hydrogen (secondary N) is 1. The van der Waals surface area contributed by atoms with Gasteiger partial charge < -0.3 is 5.32 Å². The summed E-state index contributed by atoms with van der Waals surface area (Å²) >= 11 is 1.18. The molecule has 1 N–H and O–H groups in total. The predicted molar refractivity (Wildman–Crippen MR) is 87.9 cm³/mol. The van der Waals surface area contributed by atoms with E-state index in [2.05, 4.69) is 15.5 Å². The third-order valence-corrected chi connectivity index (χ3v) is 4.89. The van der Waals surface area contributed by atoms with Crippen molar-refractivity contribution in [2.75, 3.05) is 18.4 Å². The molecule has 1 aliphatic rings. The highest BCUT2D eigenvalue weighted by molar-refractivity contribution is 7.15. The number of halogens is 4. The monoisotopic (exact) mass is 385 g/mol. The maximum absolute atomic E-state index is 13.5. The summed E-state index contributed by atoms with van der Waals surface area (Å²) in [7, 11) is 0. The van der Waals surface area contributed by atoms with Crippen LogP contribution < -0.4 is 5.32 Å². The Morgan fingerprint density at radius 2 is 1.96 bits per heavy atom. The largest absolute Gasteiger partial charge is 0.416 e. The summed E-state index contributed by atoms with van der Waals surface area (Å²) in [4.78, 5) is 1.99. The van der Waals surface area contributed by atoms with Crippen molar-refractivity contribution in [3.8, 4) is 6.07 Å². The third kappa shape index (κ3) is 4.68. The predicted octanol–water partition coefficient (Wildman–Crippen LogP) is 3.64. The van der Waals surface area contributed by atoms with Crippen LogP contribution in [-0.4, -0.2) is 34.2 Å². The Labute approximate surface area is 151 Å². The molecule has 1 aromatic carbocycles. The minimum Gasteiger partial charge on any atom is -0.357 e. The van der Waals surface area contributed by atoms with E-state index in [0.717, 1.165) is 25.0 Å². The first kappa shape index (κ1) is 18.5. The quantitative estimate of drug-likeness (QED) is 0.814. The van der Waals surface area contributed by atoms with Crippen LogP contribution in [0, 0.1) is 17.1 Å². The second-order valence-corrected chi connectivity index (χ2v) is 7.04. The number of rotatable bonds is 4. The van der Waals surface area contributed by atoms with Gasteiger partial charge in [-0.05, 0) is 36.6 Å². The van der Waals surface area contributed by atoms with Gasteiger partial charge in [-0.3, -0.25) is 4.90 Å². The first-order valence-corrected chi connectivity index (χ1v) is 8.74. The number of hydrogen-bond acceptors (Lipinski definition) is 6. The summed E-state index contributed by atoms with van der Waals surface area (Å²) in [6.07, 6.45) is -3.02. The lowest BCUT2D eigenvalue weighted by Gasteiger charge is -2.32. The average Bonchev–Trinajstić information content (AvgIpc) is 3.03. The number of benzene rings is 1. The Bertz CT molecular complexity index is 806. The Morgan fingerprint density at radius 1 is 1.23 bits per heavy atom. The van der Waals surface area contributed by atoms with E-state index in [4.69, 9.17) is 5.26 Å². The first-order valence-electron chi connectivity index (χ1n) is 7.92. The van der Waals surface area contributed by atoms with E-state index in [1.165, 1.54) is 11.3 Å². The zero-order valence-electron chi connectivity index (χ0n) is 13.6. The summed E-state index contributed by atoms with van der Waals surface area (Å²) in [6.45, 7) is 1.60. The van der Waals surface area contributed by atoms with E-state index < -0.39 is 17.6 Å². The number of anilines is 1. The van der Waals surface area contributed by atoms with Crippen molar-refractivity contribution in [1.29, 1.82) is 5.26 Å². The van der Waals surface area contributed by atoms with Crippen molar-refractivity contribution in [2.24, 2.45) is 0 Å². The second kappa shape index (κ2) is 7.55. The van der Waals surface area contributed by atoms with Crippen molar-refractivity contribution < 1.29 is 17.6 Å². The van der Waals surface area contributed by atoms with E-state index in [-0.39, 0.29) is 17.6 Å². The third-order valence-electron chi connectivity index (χ3n) is 4.13. The lowest BCUT2D eigenvalue weighted by atomic mass is 10.0. The van der Waals surface area contributed by atoms with Crippen molar-refractivity contribution in [3.63, 3.8) is 0 Å². The molecule has 0 spiro atoms. The van der Waals surface area contributed by atoms with E-state index >= 15 is 0 Å². The first-order chi connectivity index (χ1) is 12.3. The lowest BCUT2D eigenvalue weighted by Crippen LogP contribution is -2.38. The zero-order valence-corrected chi connectivity index (χ0v) is 14.4. The number of likely N-dealkylation sites (tertiary alicyclic amines) is 1. The standard InChI is InChI=1S/C16H15F4N5S/c17-12-6-10(5-11(7-12)16(18,19)20)9-25-3-1-13(2-4-25)22-15-24-23-14(8-21)26-15/h5-7,13H,1-4,9H2,(H,22,24). The van der Waals surface area contributed by atoms with Gasteiger partial charge in [-0.25, -0.2) is 4.39 Å². The zero-order chi connectivity index (χ0) is 18.7. The summed E-state index contributed by atoms with van der Waals surface area (Å²) in [5, 5.41) is 20.4. The molecule has 0 radical (unpaired) electrons. The van der Waals surface area contributed by atoms with Gasteiger partial charge in [-0.1, -0.05) is 11.3 Å². The van der Waals surface area contributed by atoms with E-state index in [9.17, 15) is 17.6 Å². The van der Waals surface area contributed by atoms with Gasteiger partial charge in [0, 0.05) is 25.7 Å². The smallest absolute Gasteiger partial charge is 0.357 e. The van der Waals surface area contributed by atoms with Gasteiger partial charge in [0.15, 0.2) is 0 Å². The Hall–Kier alpha value is -2.25. The molecule has 0 unspecified atom stereocenters. The van der Waals surface area contributed by atoms with Crippen LogP contribution in [-0.2, 0) is 12.7 Å². The van der Waals surface area contributed by atoms with Gasteiger partial charge in [0.1, 0.15) is 11.9 Å². The Morgan fingerprint density at radius 3 is 2.58 bits per heavy atom. The maximum atomic E-state index is 13.5. The molecule has 2 heterocycles. The van der Waals surface area contributed by atoms with Gasteiger partial charge in [0.2, 0.25) is 10.1 Å². The van der Waals surface area contributed by atoms with Crippen LogP contribution in [0.1, 0.15) is 29.0 Å². The molecule has 5 nitrogen and oxygen atoms in total. The number of nitriles is 1. The minimum absolute atomic E-state index is 0.156. The summed E-state index contributed by atoms with van der Waals surface area (Å²) < 4.78 is 51.9. The number of aromatic nitrogens is 2. The maximum Gasteiger partial charge on any atom is 0.416 e. The molecule has 10 heteroatoms. The topological polar surface area (TPSA) is 64.8 Å². The lowest BCUT2D eigenvalue weighted by molar-refractivity contribution is -0.137. The SMILES string of the molecule is N#Cc1nnc(NC2CCN(Cc3cc(F)cc(C(F)(F)F)c3)CC2)s1. The fraction of sp³-hybridized carbons (Fsp3) is 0.438. The summed E-state index contributed by atoms with van der Waals surface area (Å²) in [5.74, 6) is -0.879. The average molecular weight is 385 g/mol. The van der Waals surface area contributed by atoms with E-state index in [1.54, 1.807) is 0 Å². The summed E-state index contributed by atoms with van der Waals surface area (Å²) in [5.41, 5.74) is -0.653. The Kier molecular flexibility index (Phi) is 5.38. The number of piperidine rings is 1. The number of alkyl halides is 3. The van der Waals surface area contributed by atoms with Crippen molar-refractivity contribution in [2.45, 2.75) is 31.6 Å². The van der Waals surface area contributed by atoms with Crippen molar-refractivity contribution >= 4 is 16.5 Å². The highest BCUT2D eigenvalue weighted by Crippen LogP contribution is 2.31. The molecular formula is C16H15F4N5S. The van der Waals surface area contributed by atoms with Crippen LogP contribution in [0.2, 0.25) is 0 Å². The van der Waals surface area contributed by atoms with E-state index in [0.29, 0.717) is 29.9 Å². The van der Waals surface area contributed by atoms with Crippen molar-refractivity contribution in [3.05, 3.63) is 40.2 Å². The molecule has 2 aromatic rings. The fourth-order valence-electron chi connectivity index (χ4n) is 2.90. The van der Waals surface area contributed by atoms with Crippen LogP contribution in [0.15, 0.2) is 18.2 Å². The molecule has 1 fully saturated rings. The van der Waals surface area contributed by atoms with Gasteiger partial charge >= 0.3 is 6.18 Å².